The van der Waals surface area contributed by atoms with Crippen LogP contribution in [0.5, 0.6) is 5.75 Å². The zero-order valence-corrected chi connectivity index (χ0v) is 14.3. The SMILES string of the molecule is FC(F)Oc1ccccc1NC(=S)N1CCN(Cc2ccco2)CC1. The lowest BCUT2D eigenvalue weighted by Gasteiger charge is -2.35. The predicted molar refractivity (Wildman–Crippen MR) is 94.9 cm³/mol. The molecule has 0 bridgehead atoms. The molecular weight excluding hydrogens is 348 g/mol. The Kier molecular flexibility index (Phi) is 5.83. The second kappa shape index (κ2) is 8.26. The van der Waals surface area contributed by atoms with Gasteiger partial charge in [-0.15, -0.1) is 0 Å². The number of alkyl halides is 2. The van der Waals surface area contributed by atoms with E-state index in [4.69, 9.17) is 16.6 Å². The summed E-state index contributed by atoms with van der Waals surface area (Å²) in [7, 11) is 0. The van der Waals surface area contributed by atoms with E-state index in [1.807, 2.05) is 17.0 Å². The molecule has 25 heavy (non-hydrogen) atoms. The highest BCUT2D eigenvalue weighted by Crippen LogP contribution is 2.26. The molecule has 2 aromatic rings. The van der Waals surface area contributed by atoms with Crippen LogP contribution in [0.2, 0.25) is 0 Å². The van der Waals surface area contributed by atoms with E-state index in [2.05, 4.69) is 15.0 Å². The van der Waals surface area contributed by atoms with Gasteiger partial charge in [-0.3, -0.25) is 4.90 Å². The zero-order chi connectivity index (χ0) is 17.6. The van der Waals surface area contributed by atoms with Crippen molar-refractivity contribution in [3.05, 3.63) is 48.4 Å². The summed E-state index contributed by atoms with van der Waals surface area (Å²) in [6, 6.07) is 10.4. The number of halogens is 2. The Hall–Kier alpha value is -2.19. The first kappa shape index (κ1) is 17.6. The minimum absolute atomic E-state index is 0.0799. The van der Waals surface area contributed by atoms with Gasteiger partial charge in [-0.05, 0) is 36.5 Å². The van der Waals surface area contributed by atoms with Crippen LogP contribution in [0.15, 0.2) is 47.1 Å². The van der Waals surface area contributed by atoms with Gasteiger partial charge in [-0.1, -0.05) is 12.1 Å². The maximum Gasteiger partial charge on any atom is 0.387 e. The van der Waals surface area contributed by atoms with E-state index in [0.29, 0.717) is 10.8 Å². The van der Waals surface area contributed by atoms with Gasteiger partial charge in [0.05, 0.1) is 18.5 Å². The molecule has 0 unspecified atom stereocenters. The summed E-state index contributed by atoms with van der Waals surface area (Å²) in [6.45, 7) is 1.10. The van der Waals surface area contributed by atoms with Crippen LogP contribution < -0.4 is 10.1 Å². The molecule has 3 rings (SSSR count). The Balaban J connectivity index is 1.53. The molecule has 0 saturated carbocycles. The smallest absolute Gasteiger partial charge is 0.387 e. The summed E-state index contributed by atoms with van der Waals surface area (Å²) in [5, 5.41) is 3.51. The number of nitrogens with one attached hydrogen (secondary N) is 1. The normalized spacial score (nSPS) is 15.4. The molecule has 1 aliphatic heterocycles. The number of rotatable bonds is 5. The fraction of sp³-hybridized carbons (Fsp3) is 0.353. The van der Waals surface area contributed by atoms with E-state index in [1.54, 1.807) is 24.5 Å². The summed E-state index contributed by atoms with van der Waals surface area (Å²) in [4.78, 5) is 4.30. The van der Waals surface area contributed by atoms with Gasteiger partial charge >= 0.3 is 6.61 Å². The Morgan fingerprint density at radius 3 is 2.60 bits per heavy atom. The third-order valence-electron chi connectivity index (χ3n) is 3.96. The summed E-state index contributed by atoms with van der Waals surface area (Å²) >= 11 is 5.42. The molecule has 1 fully saturated rings. The Morgan fingerprint density at radius 1 is 1.16 bits per heavy atom. The van der Waals surface area contributed by atoms with Gasteiger partial charge in [0.1, 0.15) is 11.5 Å². The van der Waals surface area contributed by atoms with E-state index in [0.717, 1.165) is 38.5 Å². The van der Waals surface area contributed by atoms with Gasteiger partial charge < -0.3 is 19.4 Å². The highest BCUT2D eigenvalue weighted by molar-refractivity contribution is 7.80. The lowest BCUT2D eigenvalue weighted by molar-refractivity contribution is -0.0493. The lowest BCUT2D eigenvalue weighted by atomic mass is 10.3. The first-order valence-electron chi connectivity index (χ1n) is 7.96. The average molecular weight is 367 g/mol. The molecule has 134 valence electrons. The Labute approximate surface area is 150 Å². The summed E-state index contributed by atoms with van der Waals surface area (Å²) < 4.78 is 34.9. The van der Waals surface area contributed by atoms with E-state index in [-0.39, 0.29) is 5.75 Å². The van der Waals surface area contributed by atoms with E-state index in [1.165, 1.54) is 6.07 Å². The minimum atomic E-state index is -2.87. The first-order chi connectivity index (χ1) is 12.1. The Morgan fingerprint density at radius 2 is 1.92 bits per heavy atom. The predicted octanol–water partition coefficient (Wildman–Crippen LogP) is 3.40. The molecule has 5 nitrogen and oxygen atoms in total. The molecular formula is C17H19F2N3O2S. The molecule has 1 aromatic carbocycles. The van der Waals surface area contributed by atoms with Crippen molar-refractivity contribution < 1.29 is 17.9 Å². The number of benzene rings is 1. The van der Waals surface area contributed by atoms with Crippen LogP contribution in [0.25, 0.3) is 0 Å². The molecule has 1 saturated heterocycles. The minimum Gasteiger partial charge on any atom is -0.468 e. The van der Waals surface area contributed by atoms with Gasteiger partial charge in [0, 0.05) is 26.2 Å². The van der Waals surface area contributed by atoms with Crippen LogP contribution >= 0.6 is 12.2 Å². The van der Waals surface area contributed by atoms with Crippen molar-refractivity contribution in [2.75, 3.05) is 31.5 Å². The summed E-state index contributed by atoms with van der Waals surface area (Å²) in [6.07, 6.45) is 1.67. The van der Waals surface area contributed by atoms with E-state index in [9.17, 15) is 8.78 Å². The number of ether oxygens (including phenoxy) is 1. The molecule has 1 aliphatic rings. The maximum atomic E-state index is 12.5. The molecule has 0 amide bonds. The highest BCUT2D eigenvalue weighted by atomic mass is 32.1. The molecule has 0 spiro atoms. The summed E-state index contributed by atoms with van der Waals surface area (Å²) in [5.41, 5.74) is 0.436. The highest BCUT2D eigenvalue weighted by Gasteiger charge is 2.20. The summed E-state index contributed by atoms with van der Waals surface area (Å²) in [5.74, 6) is 1.02. The molecule has 0 radical (unpaired) electrons. The second-order valence-corrected chi connectivity index (χ2v) is 6.03. The Bertz CT molecular complexity index is 689. The average Bonchev–Trinajstić information content (AvgIpc) is 3.10. The zero-order valence-electron chi connectivity index (χ0n) is 13.5. The lowest BCUT2D eigenvalue weighted by Crippen LogP contribution is -2.49. The van der Waals surface area contributed by atoms with Crippen molar-refractivity contribution >= 4 is 23.0 Å². The van der Waals surface area contributed by atoms with Gasteiger partial charge in [-0.25, -0.2) is 0 Å². The van der Waals surface area contributed by atoms with Crippen LogP contribution in [-0.2, 0) is 6.54 Å². The number of anilines is 1. The number of furan rings is 1. The molecule has 1 aromatic heterocycles. The number of thiocarbonyl (C=S) groups is 1. The first-order valence-corrected chi connectivity index (χ1v) is 8.37. The quantitative estimate of drug-likeness (QED) is 0.817. The van der Waals surface area contributed by atoms with Crippen molar-refractivity contribution in [1.29, 1.82) is 0 Å². The molecule has 8 heteroatoms. The molecule has 0 aliphatic carbocycles. The van der Waals surface area contributed by atoms with Gasteiger partial charge in [0.15, 0.2) is 5.11 Å². The van der Waals surface area contributed by atoms with Crippen LogP contribution in [0, 0.1) is 0 Å². The third kappa shape index (κ3) is 4.90. The van der Waals surface area contributed by atoms with Gasteiger partial charge in [0.2, 0.25) is 0 Å². The fourth-order valence-corrected chi connectivity index (χ4v) is 2.99. The van der Waals surface area contributed by atoms with Crippen molar-refractivity contribution in [2.24, 2.45) is 0 Å². The molecule has 0 atom stereocenters. The van der Waals surface area contributed by atoms with Gasteiger partial charge in [-0.2, -0.15) is 8.78 Å². The maximum absolute atomic E-state index is 12.5. The van der Waals surface area contributed by atoms with Crippen molar-refractivity contribution in [3.8, 4) is 5.75 Å². The largest absolute Gasteiger partial charge is 0.468 e. The monoisotopic (exact) mass is 367 g/mol. The number of hydrogen-bond donors (Lipinski definition) is 1. The molecule has 2 heterocycles. The number of para-hydroxylation sites is 2. The van der Waals surface area contributed by atoms with E-state index < -0.39 is 6.61 Å². The topological polar surface area (TPSA) is 40.9 Å². The standard InChI is InChI=1S/C17H19F2N3O2S/c18-16(19)24-15-6-2-1-5-14(15)20-17(25)22-9-7-21(8-10-22)12-13-4-3-11-23-13/h1-6,11,16H,7-10,12H2,(H,20,25). The fourth-order valence-electron chi connectivity index (χ4n) is 2.69. The van der Waals surface area contributed by atoms with Crippen molar-refractivity contribution in [1.82, 2.24) is 9.80 Å². The number of hydrogen-bond acceptors (Lipinski definition) is 4. The third-order valence-corrected chi connectivity index (χ3v) is 4.32. The van der Waals surface area contributed by atoms with E-state index >= 15 is 0 Å². The van der Waals surface area contributed by atoms with Crippen molar-refractivity contribution in [2.45, 2.75) is 13.2 Å². The number of piperazine rings is 1. The van der Waals surface area contributed by atoms with Gasteiger partial charge in [0.25, 0.3) is 0 Å². The van der Waals surface area contributed by atoms with Crippen molar-refractivity contribution in [3.63, 3.8) is 0 Å². The number of nitrogens with zero attached hydrogens (tertiary/aromatic N) is 2. The van der Waals surface area contributed by atoms with Crippen LogP contribution in [-0.4, -0.2) is 47.7 Å². The van der Waals surface area contributed by atoms with Crippen LogP contribution in [0.4, 0.5) is 14.5 Å². The molecule has 1 N–H and O–H groups in total. The van der Waals surface area contributed by atoms with Crippen LogP contribution in [0.1, 0.15) is 5.76 Å². The second-order valence-electron chi connectivity index (χ2n) is 5.65. The van der Waals surface area contributed by atoms with Crippen LogP contribution in [0.3, 0.4) is 0 Å².